The molecule has 0 aliphatic rings. The molecular weight excluding hydrogens is 286 g/mol. The van der Waals surface area contributed by atoms with Crippen LogP contribution in [-0.4, -0.2) is 17.8 Å². The van der Waals surface area contributed by atoms with E-state index in [2.05, 4.69) is 5.32 Å². The first-order valence-electron chi connectivity index (χ1n) is 6.98. The molecular formula is C17H20ClNO2. The first kappa shape index (κ1) is 15.8. The zero-order valence-corrected chi connectivity index (χ0v) is 12.8. The summed E-state index contributed by atoms with van der Waals surface area (Å²) < 4.78 is 5.78. The molecule has 1 unspecified atom stereocenters. The van der Waals surface area contributed by atoms with Gasteiger partial charge in [0.25, 0.3) is 0 Å². The molecule has 0 aliphatic heterocycles. The molecule has 0 aromatic heterocycles. The Kier molecular flexibility index (Phi) is 6.05. The van der Waals surface area contributed by atoms with Crippen LogP contribution in [0.2, 0.25) is 5.02 Å². The summed E-state index contributed by atoms with van der Waals surface area (Å²) in [5.41, 5.74) is 2.21. The van der Waals surface area contributed by atoms with Crippen molar-refractivity contribution < 1.29 is 9.84 Å². The number of ether oxygens (including phenoxy) is 1. The van der Waals surface area contributed by atoms with Gasteiger partial charge in [0.1, 0.15) is 12.4 Å². The topological polar surface area (TPSA) is 41.5 Å². The van der Waals surface area contributed by atoms with Crippen LogP contribution in [-0.2, 0) is 13.2 Å². The third kappa shape index (κ3) is 5.76. The Labute approximate surface area is 130 Å². The SMILES string of the molecule is CC(O)CNCc1cccc(OCc2ccc(Cl)cc2)c1. The number of hydrogen-bond acceptors (Lipinski definition) is 3. The number of benzene rings is 2. The molecule has 0 radical (unpaired) electrons. The van der Waals surface area contributed by atoms with E-state index in [0.717, 1.165) is 21.9 Å². The van der Waals surface area contributed by atoms with Gasteiger partial charge in [-0.3, -0.25) is 0 Å². The maximum atomic E-state index is 9.22. The van der Waals surface area contributed by atoms with Crippen molar-refractivity contribution in [1.29, 1.82) is 0 Å². The minimum atomic E-state index is -0.339. The minimum absolute atomic E-state index is 0.339. The molecule has 0 saturated carbocycles. The molecule has 4 heteroatoms. The van der Waals surface area contributed by atoms with E-state index in [4.69, 9.17) is 16.3 Å². The molecule has 0 fully saturated rings. The zero-order chi connectivity index (χ0) is 15.1. The molecule has 0 bridgehead atoms. The van der Waals surface area contributed by atoms with Gasteiger partial charge >= 0.3 is 0 Å². The Hall–Kier alpha value is -1.55. The van der Waals surface area contributed by atoms with Gasteiger partial charge < -0.3 is 15.2 Å². The zero-order valence-electron chi connectivity index (χ0n) is 12.1. The summed E-state index contributed by atoms with van der Waals surface area (Å²) >= 11 is 5.85. The van der Waals surface area contributed by atoms with Crippen molar-refractivity contribution in [2.45, 2.75) is 26.2 Å². The van der Waals surface area contributed by atoms with E-state index in [9.17, 15) is 5.11 Å². The van der Waals surface area contributed by atoms with Crippen LogP contribution < -0.4 is 10.1 Å². The number of halogens is 1. The highest BCUT2D eigenvalue weighted by molar-refractivity contribution is 6.30. The van der Waals surface area contributed by atoms with E-state index >= 15 is 0 Å². The van der Waals surface area contributed by atoms with E-state index < -0.39 is 0 Å². The fraction of sp³-hybridized carbons (Fsp3) is 0.294. The van der Waals surface area contributed by atoms with Crippen LogP contribution in [0.5, 0.6) is 5.75 Å². The van der Waals surface area contributed by atoms with E-state index in [0.29, 0.717) is 19.7 Å². The number of rotatable bonds is 7. The van der Waals surface area contributed by atoms with Crippen LogP contribution in [0.1, 0.15) is 18.1 Å². The third-order valence-corrected chi connectivity index (χ3v) is 3.24. The van der Waals surface area contributed by atoms with Gasteiger partial charge in [-0.25, -0.2) is 0 Å². The molecule has 0 heterocycles. The molecule has 2 N–H and O–H groups in total. The number of nitrogens with one attached hydrogen (secondary N) is 1. The standard InChI is InChI=1S/C17H20ClNO2/c1-13(20)10-19-11-15-3-2-4-17(9-15)21-12-14-5-7-16(18)8-6-14/h2-9,13,19-20H,10-12H2,1H3. The lowest BCUT2D eigenvalue weighted by Crippen LogP contribution is -2.23. The summed E-state index contributed by atoms with van der Waals surface area (Å²) in [7, 11) is 0. The first-order valence-corrected chi connectivity index (χ1v) is 7.36. The highest BCUT2D eigenvalue weighted by Gasteiger charge is 2.00. The van der Waals surface area contributed by atoms with Gasteiger partial charge in [-0.1, -0.05) is 35.9 Å². The molecule has 0 saturated heterocycles. The van der Waals surface area contributed by atoms with Gasteiger partial charge in [0.2, 0.25) is 0 Å². The molecule has 21 heavy (non-hydrogen) atoms. The van der Waals surface area contributed by atoms with Gasteiger partial charge in [0, 0.05) is 18.1 Å². The molecule has 2 aromatic carbocycles. The Morgan fingerprint density at radius 1 is 1.14 bits per heavy atom. The Morgan fingerprint density at radius 3 is 2.62 bits per heavy atom. The summed E-state index contributed by atoms with van der Waals surface area (Å²) in [5, 5.41) is 13.1. The van der Waals surface area contributed by atoms with E-state index in [-0.39, 0.29) is 6.10 Å². The van der Waals surface area contributed by atoms with Crippen molar-refractivity contribution in [3.05, 3.63) is 64.7 Å². The summed E-state index contributed by atoms with van der Waals surface area (Å²) in [5.74, 6) is 0.835. The number of aliphatic hydroxyl groups is 1. The average Bonchev–Trinajstić information content (AvgIpc) is 2.47. The third-order valence-electron chi connectivity index (χ3n) is 2.99. The quantitative estimate of drug-likeness (QED) is 0.824. The fourth-order valence-electron chi connectivity index (χ4n) is 1.92. The monoisotopic (exact) mass is 305 g/mol. The second-order valence-corrected chi connectivity index (χ2v) is 5.48. The maximum Gasteiger partial charge on any atom is 0.120 e. The molecule has 2 aromatic rings. The number of aliphatic hydroxyl groups excluding tert-OH is 1. The van der Waals surface area contributed by atoms with Crippen molar-refractivity contribution in [2.75, 3.05) is 6.54 Å². The smallest absolute Gasteiger partial charge is 0.120 e. The van der Waals surface area contributed by atoms with Crippen LogP contribution in [0.25, 0.3) is 0 Å². The molecule has 2 rings (SSSR count). The highest BCUT2D eigenvalue weighted by atomic mass is 35.5. The van der Waals surface area contributed by atoms with Crippen molar-refractivity contribution in [3.63, 3.8) is 0 Å². The van der Waals surface area contributed by atoms with E-state index in [1.54, 1.807) is 6.92 Å². The first-order chi connectivity index (χ1) is 10.1. The van der Waals surface area contributed by atoms with Gasteiger partial charge in [0.05, 0.1) is 6.10 Å². The Balaban J connectivity index is 1.87. The summed E-state index contributed by atoms with van der Waals surface area (Å²) in [6.45, 7) is 3.57. The van der Waals surface area contributed by atoms with Gasteiger partial charge in [0.15, 0.2) is 0 Å². The van der Waals surface area contributed by atoms with Crippen molar-refractivity contribution in [1.82, 2.24) is 5.32 Å². The molecule has 1 atom stereocenters. The van der Waals surface area contributed by atoms with Crippen LogP contribution in [0, 0.1) is 0 Å². The lowest BCUT2D eigenvalue weighted by atomic mass is 10.2. The van der Waals surface area contributed by atoms with Crippen LogP contribution in [0.4, 0.5) is 0 Å². The van der Waals surface area contributed by atoms with Crippen LogP contribution in [0.15, 0.2) is 48.5 Å². The second kappa shape index (κ2) is 8.03. The number of hydrogen-bond donors (Lipinski definition) is 2. The highest BCUT2D eigenvalue weighted by Crippen LogP contribution is 2.16. The molecule has 112 valence electrons. The molecule has 3 nitrogen and oxygen atoms in total. The Morgan fingerprint density at radius 2 is 1.90 bits per heavy atom. The van der Waals surface area contributed by atoms with Gasteiger partial charge in [-0.2, -0.15) is 0 Å². The van der Waals surface area contributed by atoms with Crippen molar-refractivity contribution in [2.24, 2.45) is 0 Å². The average molecular weight is 306 g/mol. The lowest BCUT2D eigenvalue weighted by Gasteiger charge is -2.10. The minimum Gasteiger partial charge on any atom is -0.489 e. The summed E-state index contributed by atoms with van der Waals surface area (Å²) in [6, 6.07) is 15.6. The van der Waals surface area contributed by atoms with Crippen molar-refractivity contribution in [3.8, 4) is 5.75 Å². The molecule has 0 aliphatic carbocycles. The van der Waals surface area contributed by atoms with Gasteiger partial charge in [-0.05, 0) is 42.3 Å². The van der Waals surface area contributed by atoms with E-state index in [1.807, 2.05) is 48.5 Å². The summed E-state index contributed by atoms with van der Waals surface area (Å²) in [4.78, 5) is 0. The summed E-state index contributed by atoms with van der Waals surface area (Å²) in [6.07, 6.45) is -0.339. The molecule has 0 spiro atoms. The predicted octanol–water partition coefficient (Wildman–Crippen LogP) is 3.39. The largest absolute Gasteiger partial charge is 0.489 e. The molecule has 0 amide bonds. The maximum absolute atomic E-state index is 9.22. The predicted molar refractivity (Wildman–Crippen MR) is 85.6 cm³/mol. The fourth-order valence-corrected chi connectivity index (χ4v) is 2.04. The van der Waals surface area contributed by atoms with Crippen LogP contribution in [0.3, 0.4) is 0 Å². The Bertz CT molecular complexity index is 555. The normalized spacial score (nSPS) is 12.1. The van der Waals surface area contributed by atoms with Crippen LogP contribution >= 0.6 is 11.6 Å². The van der Waals surface area contributed by atoms with Crippen molar-refractivity contribution >= 4 is 11.6 Å². The lowest BCUT2D eigenvalue weighted by molar-refractivity contribution is 0.191. The second-order valence-electron chi connectivity index (χ2n) is 5.04. The van der Waals surface area contributed by atoms with E-state index in [1.165, 1.54) is 0 Å². The van der Waals surface area contributed by atoms with Gasteiger partial charge in [-0.15, -0.1) is 0 Å².